The molecule has 0 bridgehead atoms. The predicted molar refractivity (Wildman–Crippen MR) is 76.0 cm³/mol. The standard InChI is InChI=1S/C15H19N3/c1-3-12-4-6-14(7-5-12)18(2)15-11-17-9-8-13(15)10-16/h4-9,11H,3,10,16H2,1-2H3. The summed E-state index contributed by atoms with van der Waals surface area (Å²) in [5.74, 6) is 0. The average Bonchev–Trinajstić information content (AvgIpc) is 2.46. The molecule has 3 heteroatoms. The molecule has 2 aromatic rings. The van der Waals surface area contributed by atoms with Gasteiger partial charge in [0, 0.05) is 25.5 Å². The summed E-state index contributed by atoms with van der Waals surface area (Å²) in [7, 11) is 2.04. The molecule has 0 aliphatic heterocycles. The van der Waals surface area contributed by atoms with Gasteiger partial charge in [-0.2, -0.15) is 0 Å². The number of aryl methyl sites for hydroxylation is 1. The number of aromatic nitrogens is 1. The lowest BCUT2D eigenvalue weighted by atomic mass is 10.1. The van der Waals surface area contributed by atoms with Gasteiger partial charge in [0.25, 0.3) is 0 Å². The van der Waals surface area contributed by atoms with E-state index >= 15 is 0 Å². The zero-order chi connectivity index (χ0) is 13.0. The molecular formula is C15H19N3. The summed E-state index contributed by atoms with van der Waals surface area (Å²) in [5, 5.41) is 0. The van der Waals surface area contributed by atoms with E-state index in [1.54, 1.807) is 6.20 Å². The Morgan fingerprint density at radius 3 is 2.50 bits per heavy atom. The SMILES string of the molecule is CCc1ccc(N(C)c2cnccc2CN)cc1. The Morgan fingerprint density at radius 2 is 1.89 bits per heavy atom. The number of anilines is 2. The number of hydrogen-bond donors (Lipinski definition) is 1. The molecule has 18 heavy (non-hydrogen) atoms. The molecule has 0 amide bonds. The molecule has 2 rings (SSSR count). The predicted octanol–water partition coefficient (Wildman–Crippen LogP) is 2.87. The lowest BCUT2D eigenvalue weighted by molar-refractivity contribution is 1.03. The van der Waals surface area contributed by atoms with Gasteiger partial charge in [-0.05, 0) is 35.7 Å². The molecule has 0 aliphatic rings. The van der Waals surface area contributed by atoms with Gasteiger partial charge >= 0.3 is 0 Å². The van der Waals surface area contributed by atoms with E-state index in [9.17, 15) is 0 Å². The summed E-state index contributed by atoms with van der Waals surface area (Å²) < 4.78 is 0. The number of rotatable bonds is 4. The Balaban J connectivity index is 2.31. The highest BCUT2D eigenvalue weighted by atomic mass is 15.1. The summed E-state index contributed by atoms with van der Waals surface area (Å²) in [5.41, 5.74) is 10.4. The van der Waals surface area contributed by atoms with Gasteiger partial charge in [-0.15, -0.1) is 0 Å². The smallest absolute Gasteiger partial charge is 0.0640 e. The van der Waals surface area contributed by atoms with E-state index in [0.717, 1.165) is 23.4 Å². The van der Waals surface area contributed by atoms with Crippen molar-refractivity contribution < 1.29 is 0 Å². The van der Waals surface area contributed by atoms with Crippen LogP contribution in [-0.2, 0) is 13.0 Å². The van der Waals surface area contributed by atoms with Crippen molar-refractivity contribution in [1.29, 1.82) is 0 Å². The number of benzene rings is 1. The van der Waals surface area contributed by atoms with Crippen molar-refractivity contribution in [3.05, 3.63) is 53.9 Å². The van der Waals surface area contributed by atoms with Gasteiger partial charge in [0.15, 0.2) is 0 Å². The fourth-order valence-corrected chi connectivity index (χ4v) is 1.98. The van der Waals surface area contributed by atoms with Crippen molar-refractivity contribution in [3.63, 3.8) is 0 Å². The van der Waals surface area contributed by atoms with E-state index < -0.39 is 0 Å². The minimum atomic E-state index is 0.523. The second-order valence-electron chi connectivity index (χ2n) is 4.29. The first-order valence-corrected chi connectivity index (χ1v) is 6.22. The molecule has 0 saturated heterocycles. The molecule has 1 aromatic heterocycles. The van der Waals surface area contributed by atoms with E-state index in [1.165, 1.54) is 5.56 Å². The first-order chi connectivity index (χ1) is 8.76. The van der Waals surface area contributed by atoms with Crippen molar-refractivity contribution in [3.8, 4) is 0 Å². The Bertz CT molecular complexity index is 505. The van der Waals surface area contributed by atoms with Gasteiger partial charge in [-0.3, -0.25) is 4.98 Å². The number of pyridine rings is 1. The number of nitrogens with two attached hydrogens (primary N) is 1. The second kappa shape index (κ2) is 5.65. The summed E-state index contributed by atoms with van der Waals surface area (Å²) >= 11 is 0. The highest BCUT2D eigenvalue weighted by Gasteiger charge is 2.08. The molecule has 1 heterocycles. The van der Waals surface area contributed by atoms with Gasteiger partial charge in [0.2, 0.25) is 0 Å². The van der Waals surface area contributed by atoms with Crippen LogP contribution in [0.25, 0.3) is 0 Å². The quantitative estimate of drug-likeness (QED) is 0.895. The minimum absolute atomic E-state index is 0.523. The zero-order valence-corrected chi connectivity index (χ0v) is 10.9. The van der Waals surface area contributed by atoms with Gasteiger partial charge < -0.3 is 10.6 Å². The van der Waals surface area contributed by atoms with E-state index in [4.69, 9.17) is 5.73 Å². The molecule has 3 nitrogen and oxygen atoms in total. The monoisotopic (exact) mass is 241 g/mol. The largest absolute Gasteiger partial charge is 0.343 e. The van der Waals surface area contributed by atoms with Crippen LogP contribution in [0.4, 0.5) is 11.4 Å². The molecule has 0 fully saturated rings. The fraction of sp³-hybridized carbons (Fsp3) is 0.267. The van der Waals surface area contributed by atoms with Crippen LogP contribution >= 0.6 is 0 Å². The molecule has 2 N–H and O–H groups in total. The Kier molecular flexibility index (Phi) is 3.95. The van der Waals surface area contributed by atoms with Crippen LogP contribution in [0.2, 0.25) is 0 Å². The molecule has 0 radical (unpaired) electrons. The normalized spacial score (nSPS) is 10.4. The molecule has 0 spiro atoms. The molecule has 0 aliphatic carbocycles. The lowest BCUT2D eigenvalue weighted by Crippen LogP contribution is -2.13. The third-order valence-corrected chi connectivity index (χ3v) is 3.20. The fourth-order valence-electron chi connectivity index (χ4n) is 1.98. The van der Waals surface area contributed by atoms with E-state index in [0.29, 0.717) is 6.54 Å². The summed E-state index contributed by atoms with van der Waals surface area (Å²) in [6.45, 7) is 2.68. The van der Waals surface area contributed by atoms with Crippen molar-refractivity contribution in [1.82, 2.24) is 4.98 Å². The number of nitrogens with zero attached hydrogens (tertiary/aromatic N) is 2. The van der Waals surface area contributed by atoms with E-state index in [2.05, 4.69) is 41.1 Å². The highest BCUT2D eigenvalue weighted by molar-refractivity contribution is 5.64. The third-order valence-electron chi connectivity index (χ3n) is 3.20. The van der Waals surface area contributed by atoms with Crippen LogP contribution in [0.5, 0.6) is 0 Å². The van der Waals surface area contributed by atoms with Crippen LogP contribution in [-0.4, -0.2) is 12.0 Å². The molecule has 94 valence electrons. The van der Waals surface area contributed by atoms with Gasteiger partial charge in [0.1, 0.15) is 0 Å². The molecule has 0 unspecified atom stereocenters. The highest BCUT2D eigenvalue weighted by Crippen LogP contribution is 2.26. The maximum atomic E-state index is 5.76. The summed E-state index contributed by atoms with van der Waals surface area (Å²) in [6.07, 6.45) is 4.70. The van der Waals surface area contributed by atoms with Crippen molar-refractivity contribution in [2.75, 3.05) is 11.9 Å². The zero-order valence-electron chi connectivity index (χ0n) is 10.9. The van der Waals surface area contributed by atoms with Gasteiger partial charge in [-0.25, -0.2) is 0 Å². The van der Waals surface area contributed by atoms with Crippen molar-refractivity contribution in [2.45, 2.75) is 19.9 Å². The molecule has 0 saturated carbocycles. The molecule has 0 atom stereocenters. The average molecular weight is 241 g/mol. The molecule has 1 aromatic carbocycles. The van der Waals surface area contributed by atoms with Crippen molar-refractivity contribution in [2.24, 2.45) is 5.73 Å². The van der Waals surface area contributed by atoms with Crippen LogP contribution < -0.4 is 10.6 Å². The van der Waals surface area contributed by atoms with E-state index in [1.807, 2.05) is 19.3 Å². The second-order valence-corrected chi connectivity index (χ2v) is 4.29. The van der Waals surface area contributed by atoms with Gasteiger partial charge in [0.05, 0.1) is 11.9 Å². The summed E-state index contributed by atoms with van der Waals surface area (Å²) in [4.78, 5) is 6.30. The molecular weight excluding hydrogens is 222 g/mol. The lowest BCUT2D eigenvalue weighted by Gasteiger charge is -2.22. The van der Waals surface area contributed by atoms with Crippen LogP contribution in [0.15, 0.2) is 42.7 Å². The number of hydrogen-bond acceptors (Lipinski definition) is 3. The topological polar surface area (TPSA) is 42.2 Å². The van der Waals surface area contributed by atoms with Crippen molar-refractivity contribution >= 4 is 11.4 Å². The Labute approximate surface area is 108 Å². The van der Waals surface area contributed by atoms with Crippen LogP contribution in [0.1, 0.15) is 18.1 Å². The third kappa shape index (κ3) is 2.51. The van der Waals surface area contributed by atoms with Crippen LogP contribution in [0.3, 0.4) is 0 Å². The first-order valence-electron chi connectivity index (χ1n) is 6.22. The Hall–Kier alpha value is -1.87. The maximum absolute atomic E-state index is 5.76. The van der Waals surface area contributed by atoms with Gasteiger partial charge in [-0.1, -0.05) is 19.1 Å². The minimum Gasteiger partial charge on any atom is -0.343 e. The first kappa shape index (κ1) is 12.6. The maximum Gasteiger partial charge on any atom is 0.0640 e. The van der Waals surface area contributed by atoms with Crippen LogP contribution in [0, 0.1) is 0 Å². The summed E-state index contributed by atoms with van der Waals surface area (Å²) in [6, 6.07) is 10.5. The Morgan fingerprint density at radius 1 is 1.17 bits per heavy atom. The van der Waals surface area contributed by atoms with E-state index in [-0.39, 0.29) is 0 Å².